The zero-order valence-corrected chi connectivity index (χ0v) is 7.45. The van der Waals surface area contributed by atoms with Gasteiger partial charge in [0.1, 0.15) is 10.6 Å². The summed E-state index contributed by atoms with van der Waals surface area (Å²) in [4.78, 5) is 13.7. The van der Waals surface area contributed by atoms with Gasteiger partial charge in [-0.05, 0) is 6.07 Å². The van der Waals surface area contributed by atoms with E-state index in [0.29, 0.717) is 11.4 Å². The highest BCUT2D eigenvalue weighted by atomic mass is 16.6. The number of aromatic amines is 1. The van der Waals surface area contributed by atoms with Crippen LogP contribution < -0.4 is 0 Å². The van der Waals surface area contributed by atoms with E-state index in [4.69, 9.17) is 4.42 Å². The first-order valence-electron chi connectivity index (χ1n) is 4.03. The van der Waals surface area contributed by atoms with Crippen LogP contribution >= 0.6 is 0 Å². The Balaban J connectivity index is 2.14. The van der Waals surface area contributed by atoms with E-state index in [0.717, 1.165) is 0 Å². The van der Waals surface area contributed by atoms with Crippen molar-refractivity contribution in [3.05, 3.63) is 40.4 Å². The van der Waals surface area contributed by atoms with Crippen molar-refractivity contribution in [2.24, 2.45) is 4.99 Å². The average molecular weight is 206 g/mol. The molecule has 1 N–H and O–H groups in total. The number of nitrogens with one attached hydrogen (secondary N) is 1. The second-order valence-corrected chi connectivity index (χ2v) is 2.65. The minimum Gasteiger partial charge on any atom is -0.400 e. The minimum atomic E-state index is -0.602. The van der Waals surface area contributed by atoms with Crippen molar-refractivity contribution < 1.29 is 9.34 Å². The van der Waals surface area contributed by atoms with Crippen LogP contribution in [0.15, 0.2) is 33.9 Å². The van der Waals surface area contributed by atoms with Crippen molar-refractivity contribution in [1.82, 2.24) is 10.2 Å². The van der Waals surface area contributed by atoms with Gasteiger partial charge in [-0.2, -0.15) is 5.10 Å². The van der Waals surface area contributed by atoms with E-state index in [9.17, 15) is 10.1 Å². The summed E-state index contributed by atoms with van der Waals surface area (Å²) < 4.78 is 4.86. The molecule has 2 heterocycles. The fourth-order valence-electron chi connectivity index (χ4n) is 0.963. The van der Waals surface area contributed by atoms with Crippen LogP contribution in [-0.2, 0) is 0 Å². The number of nitro groups is 1. The molecule has 0 aliphatic carbocycles. The maximum absolute atomic E-state index is 10.3. The first-order chi connectivity index (χ1) is 7.25. The van der Waals surface area contributed by atoms with Crippen LogP contribution in [0, 0.1) is 10.1 Å². The van der Waals surface area contributed by atoms with Gasteiger partial charge in [-0.15, -0.1) is 0 Å². The van der Waals surface area contributed by atoms with Crippen LogP contribution in [0.2, 0.25) is 0 Å². The van der Waals surface area contributed by atoms with Crippen molar-refractivity contribution in [3.63, 3.8) is 0 Å². The lowest BCUT2D eigenvalue weighted by molar-refractivity contribution is -0.402. The third-order valence-electron chi connectivity index (χ3n) is 1.62. The Hall–Kier alpha value is -2.44. The molecule has 0 bridgehead atoms. The van der Waals surface area contributed by atoms with E-state index in [1.807, 2.05) is 0 Å². The molecule has 0 fully saturated rings. The van der Waals surface area contributed by atoms with Gasteiger partial charge in [0.05, 0.1) is 18.5 Å². The summed E-state index contributed by atoms with van der Waals surface area (Å²) in [6.07, 6.45) is 4.50. The highest BCUT2D eigenvalue weighted by Crippen LogP contribution is 2.15. The van der Waals surface area contributed by atoms with Crippen LogP contribution in [0.3, 0.4) is 0 Å². The molecular formula is C8H6N4O3. The van der Waals surface area contributed by atoms with Crippen molar-refractivity contribution in [2.75, 3.05) is 0 Å². The molecule has 2 aromatic heterocycles. The molecular weight excluding hydrogens is 200 g/mol. The fourth-order valence-corrected chi connectivity index (χ4v) is 0.963. The molecule has 2 aromatic rings. The Kier molecular flexibility index (Phi) is 2.28. The molecule has 2 rings (SSSR count). The molecule has 0 amide bonds. The summed E-state index contributed by atoms with van der Waals surface area (Å²) in [6.45, 7) is 0. The van der Waals surface area contributed by atoms with Gasteiger partial charge in [-0.3, -0.25) is 15.2 Å². The number of H-pyrrole nitrogens is 1. The van der Waals surface area contributed by atoms with Crippen molar-refractivity contribution in [3.8, 4) is 0 Å². The lowest BCUT2D eigenvalue weighted by Gasteiger charge is -1.83. The third kappa shape index (κ3) is 2.08. The monoisotopic (exact) mass is 206 g/mol. The average Bonchev–Trinajstić information content (AvgIpc) is 2.86. The number of hydrogen-bond donors (Lipinski definition) is 1. The Morgan fingerprint density at radius 1 is 1.60 bits per heavy atom. The molecule has 7 nitrogen and oxygen atoms in total. The van der Waals surface area contributed by atoms with E-state index < -0.39 is 4.92 Å². The first kappa shape index (κ1) is 9.13. The molecule has 0 saturated carbocycles. The standard InChI is InChI=1S/C8H6N4O3/c13-12(14)8-2-1-7(15-8)5-9-6-3-10-11-4-6/h1-5H,(H,10,11). The zero-order valence-electron chi connectivity index (χ0n) is 7.45. The van der Waals surface area contributed by atoms with Gasteiger partial charge in [0.15, 0.2) is 5.76 Å². The largest absolute Gasteiger partial charge is 0.433 e. The molecule has 0 radical (unpaired) electrons. The summed E-state index contributed by atoms with van der Waals surface area (Å²) in [7, 11) is 0. The Labute approximate surface area is 83.6 Å². The molecule has 0 spiro atoms. The zero-order chi connectivity index (χ0) is 10.7. The SMILES string of the molecule is O=[N+]([O-])c1ccc(C=Nc2cn[nH]c2)o1. The molecule has 0 atom stereocenters. The second kappa shape index (κ2) is 3.74. The molecule has 7 heteroatoms. The molecule has 15 heavy (non-hydrogen) atoms. The molecule has 0 unspecified atom stereocenters. The van der Waals surface area contributed by atoms with Gasteiger partial charge in [-0.1, -0.05) is 0 Å². The molecule has 0 aromatic carbocycles. The number of aliphatic imine (C=N–C) groups is 1. The number of furan rings is 1. The van der Waals surface area contributed by atoms with Crippen LogP contribution in [0.4, 0.5) is 11.6 Å². The summed E-state index contributed by atoms with van der Waals surface area (Å²) in [6, 6.07) is 2.75. The Bertz CT molecular complexity index is 486. The summed E-state index contributed by atoms with van der Waals surface area (Å²) in [5.74, 6) is 0.0199. The molecule has 76 valence electrons. The second-order valence-electron chi connectivity index (χ2n) is 2.65. The highest BCUT2D eigenvalue weighted by Gasteiger charge is 2.09. The quantitative estimate of drug-likeness (QED) is 0.469. The normalized spacial score (nSPS) is 10.9. The Morgan fingerprint density at radius 3 is 3.07 bits per heavy atom. The fraction of sp³-hybridized carbons (Fsp3) is 0. The summed E-state index contributed by atoms with van der Waals surface area (Å²) in [5.41, 5.74) is 0.619. The lowest BCUT2D eigenvalue weighted by Crippen LogP contribution is -1.83. The van der Waals surface area contributed by atoms with Gasteiger partial charge in [-0.25, -0.2) is 4.99 Å². The topological polar surface area (TPSA) is 97.3 Å². The van der Waals surface area contributed by atoms with Gasteiger partial charge < -0.3 is 4.42 Å². The number of rotatable bonds is 3. The number of aromatic nitrogens is 2. The maximum atomic E-state index is 10.3. The van der Waals surface area contributed by atoms with E-state index in [1.165, 1.54) is 24.5 Å². The number of nitrogens with zero attached hydrogens (tertiary/aromatic N) is 3. The molecule has 0 aliphatic rings. The Morgan fingerprint density at radius 2 is 2.47 bits per heavy atom. The summed E-state index contributed by atoms with van der Waals surface area (Å²) in [5, 5.41) is 16.6. The first-order valence-corrected chi connectivity index (χ1v) is 4.03. The molecule has 0 saturated heterocycles. The van der Waals surface area contributed by atoms with Gasteiger partial charge in [0.2, 0.25) is 0 Å². The predicted octanol–water partition coefficient (Wildman–Crippen LogP) is 1.66. The van der Waals surface area contributed by atoms with Crippen LogP contribution in [-0.4, -0.2) is 21.3 Å². The number of hydrogen-bond acceptors (Lipinski definition) is 5. The van der Waals surface area contributed by atoms with E-state index in [1.54, 1.807) is 6.20 Å². The van der Waals surface area contributed by atoms with Gasteiger partial charge in [0, 0.05) is 6.20 Å². The van der Waals surface area contributed by atoms with Crippen LogP contribution in [0.5, 0.6) is 0 Å². The van der Waals surface area contributed by atoms with Gasteiger partial charge in [0.25, 0.3) is 0 Å². The maximum Gasteiger partial charge on any atom is 0.433 e. The van der Waals surface area contributed by atoms with Crippen molar-refractivity contribution >= 4 is 17.8 Å². The smallest absolute Gasteiger partial charge is 0.400 e. The predicted molar refractivity (Wildman–Crippen MR) is 51.2 cm³/mol. The molecule has 0 aliphatic heterocycles. The highest BCUT2D eigenvalue weighted by molar-refractivity contribution is 5.78. The van der Waals surface area contributed by atoms with Crippen molar-refractivity contribution in [2.45, 2.75) is 0 Å². The van der Waals surface area contributed by atoms with E-state index in [2.05, 4.69) is 15.2 Å². The van der Waals surface area contributed by atoms with Crippen molar-refractivity contribution in [1.29, 1.82) is 0 Å². The van der Waals surface area contributed by atoms with Crippen LogP contribution in [0.25, 0.3) is 0 Å². The summed E-state index contributed by atoms with van der Waals surface area (Å²) >= 11 is 0. The van der Waals surface area contributed by atoms with Crippen LogP contribution in [0.1, 0.15) is 5.76 Å². The lowest BCUT2D eigenvalue weighted by atomic mass is 10.5. The van der Waals surface area contributed by atoms with Gasteiger partial charge >= 0.3 is 5.88 Å². The minimum absolute atomic E-state index is 0.302. The third-order valence-corrected chi connectivity index (χ3v) is 1.62. The van der Waals surface area contributed by atoms with E-state index >= 15 is 0 Å². The van der Waals surface area contributed by atoms with E-state index in [-0.39, 0.29) is 5.88 Å².